The average molecular weight is 270 g/mol. The minimum Gasteiger partial charge on any atom is -0.339 e. The topological polar surface area (TPSA) is 67.7 Å². The second kappa shape index (κ2) is 5.48. The van der Waals surface area contributed by atoms with Gasteiger partial charge in [-0.1, -0.05) is 0 Å². The molecule has 6 heteroatoms. The van der Waals surface area contributed by atoms with Gasteiger partial charge in [0.1, 0.15) is 5.82 Å². The van der Waals surface area contributed by atoms with Gasteiger partial charge in [0, 0.05) is 31.4 Å². The number of aryl methyl sites for hydroxylation is 2. The van der Waals surface area contributed by atoms with Crippen molar-refractivity contribution in [2.45, 2.75) is 32.6 Å². The molecule has 0 amide bonds. The summed E-state index contributed by atoms with van der Waals surface area (Å²) in [6.07, 6.45) is 5.68. The molecule has 0 unspecified atom stereocenters. The van der Waals surface area contributed by atoms with Gasteiger partial charge in [-0.2, -0.15) is 5.10 Å². The minimum absolute atomic E-state index is 0.437. The van der Waals surface area contributed by atoms with Gasteiger partial charge in [0.25, 0.3) is 0 Å². The van der Waals surface area contributed by atoms with E-state index in [4.69, 9.17) is 0 Å². The predicted octanol–water partition coefficient (Wildman–Crippen LogP) is 1.66. The molecule has 2 aromatic heterocycles. The first kappa shape index (κ1) is 12.9. The number of nitrogens with zero attached hydrogens (tertiary/aromatic N) is 6. The van der Waals surface area contributed by atoms with E-state index in [-0.39, 0.29) is 0 Å². The normalized spacial score (nSPS) is 16.4. The number of hydrogen-bond donors (Lipinski definition) is 0. The van der Waals surface area contributed by atoms with Crippen molar-refractivity contribution in [3.8, 4) is 0 Å². The molecule has 1 aliphatic rings. The van der Waals surface area contributed by atoms with Crippen LogP contribution in [-0.4, -0.2) is 38.2 Å². The summed E-state index contributed by atoms with van der Waals surface area (Å²) < 4.78 is 0. The SMILES string of the molecule is Cc1nnc(N2CCC(c3ncccn3)CC2)nc1C. The van der Waals surface area contributed by atoms with Crippen LogP contribution in [-0.2, 0) is 0 Å². The lowest BCUT2D eigenvalue weighted by Gasteiger charge is -2.31. The summed E-state index contributed by atoms with van der Waals surface area (Å²) in [4.78, 5) is 15.4. The summed E-state index contributed by atoms with van der Waals surface area (Å²) in [7, 11) is 0. The van der Waals surface area contributed by atoms with Crippen LogP contribution >= 0.6 is 0 Å². The van der Waals surface area contributed by atoms with Crippen molar-refractivity contribution >= 4 is 5.95 Å². The molecule has 0 atom stereocenters. The van der Waals surface area contributed by atoms with Crippen LogP contribution in [0.25, 0.3) is 0 Å². The zero-order chi connectivity index (χ0) is 13.9. The van der Waals surface area contributed by atoms with E-state index in [2.05, 4.69) is 30.0 Å². The van der Waals surface area contributed by atoms with E-state index in [9.17, 15) is 0 Å². The molecule has 0 N–H and O–H groups in total. The quantitative estimate of drug-likeness (QED) is 0.826. The predicted molar refractivity (Wildman–Crippen MR) is 75.5 cm³/mol. The summed E-state index contributed by atoms with van der Waals surface area (Å²) in [6, 6.07) is 1.85. The van der Waals surface area contributed by atoms with E-state index in [0.717, 1.165) is 49.1 Å². The van der Waals surface area contributed by atoms with Gasteiger partial charge in [-0.05, 0) is 32.8 Å². The van der Waals surface area contributed by atoms with E-state index in [1.54, 1.807) is 0 Å². The maximum Gasteiger partial charge on any atom is 0.245 e. The van der Waals surface area contributed by atoms with Crippen LogP contribution in [0.2, 0.25) is 0 Å². The molecule has 6 nitrogen and oxygen atoms in total. The zero-order valence-electron chi connectivity index (χ0n) is 11.8. The molecular weight excluding hydrogens is 252 g/mol. The van der Waals surface area contributed by atoms with Crippen LogP contribution in [0.15, 0.2) is 18.5 Å². The molecule has 1 saturated heterocycles. The van der Waals surface area contributed by atoms with Crippen molar-refractivity contribution in [1.29, 1.82) is 0 Å². The van der Waals surface area contributed by atoms with Crippen LogP contribution in [0.5, 0.6) is 0 Å². The van der Waals surface area contributed by atoms with Crippen LogP contribution < -0.4 is 4.90 Å². The highest BCUT2D eigenvalue weighted by Gasteiger charge is 2.24. The van der Waals surface area contributed by atoms with E-state index in [1.807, 2.05) is 32.3 Å². The van der Waals surface area contributed by atoms with Crippen molar-refractivity contribution in [2.75, 3.05) is 18.0 Å². The molecular formula is C14H18N6. The standard InChI is InChI=1S/C14H18N6/c1-10-11(2)18-19-14(17-10)20-8-4-12(5-9-20)13-15-6-3-7-16-13/h3,6-7,12H,4-5,8-9H2,1-2H3. The molecule has 104 valence electrons. The smallest absolute Gasteiger partial charge is 0.245 e. The second-order valence-electron chi connectivity index (χ2n) is 5.15. The van der Waals surface area contributed by atoms with E-state index < -0.39 is 0 Å². The molecule has 1 fully saturated rings. The Labute approximate surface area is 118 Å². The first-order chi connectivity index (χ1) is 9.74. The Balaban J connectivity index is 1.68. The molecule has 3 rings (SSSR count). The third kappa shape index (κ3) is 2.59. The second-order valence-corrected chi connectivity index (χ2v) is 5.15. The fourth-order valence-corrected chi connectivity index (χ4v) is 2.44. The molecule has 0 spiro atoms. The van der Waals surface area contributed by atoms with Gasteiger partial charge < -0.3 is 4.90 Å². The van der Waals surface area contributed by atoms with Crippen molar-refractivity contribution in [2.24, 2.45) is 0 Å². The molecule has 1 aliphatic heterocycles. The van der Waals surface area contributed by atoms with Gasteiger partial charge in [0.15, 0.2) is 0 Å². The van der Waals surface area contributed by atoms with Gasteiger partial charge in [-0.25, -0.2) is 15.0 Å². The largest absolute Gasteiger partial charge is 0.339 e. The number of hydrogen-bond acceptors (Lipinski definition) is 6. The zero-order valence-corrected chi connectivity index (χ0v) is 11.8. The molecule has 0 aliphatic carbocycles. The van der Waals surface area contributed by atoms with Gasteiger partial charge in [-0.15, -0.1) is 5.10 Å². The molecule has 0 bridgehead atoms. The summed E-state index contributed by atoms with van der Waals surface area (Å²) in [5.41, 5.74) is 1.84. The van der Waals surface area contributed by atoms with Crippen LogP contribution in [0.1, 0.15) is 36.0 Å². The van der Waals surface area contributed by atoms with E-state index in [0.29, 0.717) is 5.92 Å². The van der Waals surface area contributed by atoms with Gasteiger partial charge in [0.05, 0.1) is 11.4 Å². The highest BCUT2D eigenvalue weighted by molar-refractivity contribution is 5.31. The third-order valence-electron chi connectivity index (χ3n) is 3.81. The summed E-state index contributed by atoms with van der Waals surface area (Å²) in [5, 5.41) is 8.35. The maximum atomic E-state index is 4.52. The molecule has 2 aromatic rings. The summed E-state index contributed by atoms with van der Waals surface area (Å²) in [6.45, 7) is 5.75. The lowest BCUT2D eigenvalue weighted by molar-refractivity contribution is 0.478. The van der Waals surface area contributed by atoms with Crippen molar-refractivity contribution < 1.29 is 0 Å². The van der Waals surface area contributed by atoms with Gasteiger partial charge in [-0.3, -0.25) is 0 Å². The molecule has 0 aromatic carbocycles. The summed E-state index contributed by atoms with van der Waals surface area (Å²) in [5.74, 6) is 2.12. The van der Waals surface area contributed by atoms with Gasteiger partial charge >= 0.3 is 0 Å². The first-order valence-corrected chi connectivity index (χ1v) is 6.94. The monoisotopic (exact) mass is 270 g/mol. The van der Waals surface area contributed by atoms with Crippen molar-refractivity contribution in [3.05, 3.63) is 35.7 Å². The Morgan fingerprint density at radius 1 is 1.00 bits per heavy atom. The maximum absolute atomic E-state index is 4.52. The Hall–Kier alpha value is -2.11. The molecule has 3 heterocycles. The van der Waals surface area contributed by atoms with E-state index in [1.165, 1.54) is 0 Å². The highest BCUT2D eigenvalue weighted by atomic mass is 15.3. The molecule has 0 radical (unpaired) electrons. The van der Waals surface area contributed by atoms with Crippen molar-refractivity contribution in [3.63, 3.8) is 0 Å². The Morgan fingerprint density at radius 3 is 2.35 bits per heavy atom. The molecule has 0 saturated carbocycles. The third-order valence-corrected chi connectivity index (χ3v) is 3.81. The van der Waals surface area contributed by atoms with Crippen LogP contribution in [0.3, 0.4) is 0 Å². The number of anilines is 1. The lowest BCUT2D eigenvalue weighted by atomic mass is 9.96. The Bertz CT molecular complexity index is 577. The fraction of sp³-hybridized carbons (Fsp3) is 0.500. The minimum atomic E-state index is 0.437. The average Bonchev–Trinajstić information content (AvgIpc) is 2.51. The van der Waals surface area contributed by atoms with Crippen LogP contribution in [0.4, 0.5) is 5.95 Å². The summed E-state index contributed by atoms with van der Waals surface area (Å²) >= 11 is 0. The number of aromatic nitrogens is 5. The Kier molecular flexibility index (Phi) is 3.54. The fourth-order valence-electron chi connectivity index (χ4n) is 2.44. The Morgan fingerprint density at radius 2 is 1.70 bits per heavy atom. The lowest BCUT2D eigenvalue weighted by Crippen LogP contribution is -2.35. The van der Waals surface area contributed by atoms with Crippen LogP contribution in [0, 0.1) is 13.8 Å². The van der Waals surface area contributed by atoms with Gasteiger partial charge in [0.2, 0.25) is 5.95 Å². The van der Waals surface area contributed by atoms with Crippen molar-refractivity contribution in [1.82, 2.24) is 25.1 Å². The highest BCUT2D eigenvalue weighted by Crippen LogP contribution is 2.26. The number of rotatable bonds is 2. The first-order valence-electron chi connectivity index (χ1n) is 6.94. The number of piperidine rings is 1. The molecule has 20 heavy (non-hydrogen) atoms. The van der Waals surface area contributed by atoms with E-state index >= 15 is 0 Å².